The van der Waals surface area contributed by atoms with E-state index in [0.29, 0.717) is 5.13 Å². The molecule has 2 N–H and O–H groups in total. The Balaban J connectivity index is 2.05. The number of carboxylic acids is 1. The molecule has 10 heteroatoms. The van der Waals surface area contributed by atoms with Crippen molar-refractivity contribution in [2.24, 2.45) is 0 Å². The second kappa shape index (κ2) is 5.23. The zero-order valence-corrected chi connectivity index (χ0v) is 11.1. The van der Waals surface area contributed by atoms with Gasteiger partial charge in [0.05, 0.1) is 16.2 Å². The zero-order valence-electron chi connectivity index (χ0n) is 8.70. The van der Waals surface area contributed by atoms with Crippen LogP contribution in [0, 0.1) is 0 Å². The number of hydrogen-bond acceptors (Lipinski definition) is 6. The van der Waals surface area contributed by atoms with E-state index in [0.717, 1.165) is 8.47 Å². The number of carboxylic acid groups (broad SMARTS) is 1. The van der Waals surface area contributed by atoms with Crippen molar-refractivity contribution >= 4 is 44.3 Å². The van der Waals surface area contributed by atoms with Crippen LogP contribution in [-0.2, 0) is 11.3 Å². The van der Waals surface area contributed by atoms with E-state index in [1.807, 2.05) is 0 Å². The second-order valence-electron chi connectivity index (χ2n) is 3.12. The van der Waals surface area contributed by atoms with Crippen LogP contribution in [-0.4, -0.2) is 37.0 Å². The number of hydrogen-bond donors (Lipinski definition) is 2. The summed E-state index contributed by atoms with van der Waals surface area (Å²) in [7, 11) is 0. The van der Waals surface area contributed by atoms with Crippen LogP contribution in [0.4, 0.5) is 5.13 Å². The lowest BCUT2D eigenvalue weighted by Gasteiger charge is -1.96. The molecule has 0 atom stereocenters. The monoisotopic (exact) mass is 331 g/mol. The van der Waals surface area contributed by atoms with Crippen molar-refractivity contribution < 1.29 is 14.7 Å². The van der Waals surface area contributed by atoms with Crippen LogP contribution in [0.3, 0.4) is 0 Å². The fourth-order valence-electron chi connectivity index (χ4n) is 1.09. The lowest BCUT2D eigenvalue weighted by Crippen LogP contribution is -2.12. The molecule has 0 spiro atoms. The number of aromatic nitrogens is 4. The molecule has 0 radical (unpaired) electrons. The highest BCUT2D eigenvalue weighted by atomic mass is 79.9. The highest BCUT2D eigenvalue weighted by Gasteiger charge is 2.13. The molecule has 94 valence electrons. The van der Waals surface area contributed by atoms with Crippen LogP contribution in [0.2, 0.25) is 0 Å². The maximum Gasteiger partial charge on any atom is 0.325 e. The van der Waals surface area contributed by atoms with Gasteiger partial charge in [0, 0.05) is 0 Å². The number of carbonyl (C=O) groups is 2. The number of aliphatic carboxylic acids is 1. The first-order valence-electron chi connectivity index (χ1n) is 4.59. The molecule has 2 heterocycles. The fourth-order valence-corrected chi connectivity index (χ4v) is 2.19. The summed E-state index contributed by atoms with van der Waals surface area (Å²) in [6, 6.07) is 0. The minimum atomic E-state index is -1.06. The van der Waals surface area contributed by atoms with Crippen LogP contribution in [0.1, 0.15) is 10.5 Å². The molecular weight excluding hydrogens is 326 g/mol. The summed E-state index contributed by atoms with van der Waals surface area (Å²) in [4.78, 5) is 26.1. The van der Waals surface area contributed by atoms with Crippen molar-refractivity contribution in [3.8, 4) is 0 Å². The summed E-state index contributed by atoms with van der Waals surface area (Å²) in [5.74, 6) is -1.55. The van der Waals surface area contributed by atoms with Crippen molar-refractivity contribution in [1.82, 2.24) is 20.0 Å². The quantitative estimate of drug-likeness (QED) is 0.858. The molecule has 0 fully saturated rings. The van der Waals surface area contributed by atoms with Gasteiger partial charge in [0.15, 0.2) is 10.8 Å². The molecule has 0 saturated carbocycles. The van der Waals surface area contributed by atoms with Crippen LogP contribution >= 0.6 is 27.3 Å². The molecule has 2 aromatic heterocycles. The van der Waals surface area contributed by atoms with Gasteiger partial charge in [-0.1, -0.05) is 16.6 Å². The van der Waals surface area contributed by atoms with Gasteiger partial charge in [0.2, 0.25) is 0 Å². The number of anilines is 1. The number of nitrogens with one attached hydrogen (secondary N) is 1. The van der Waals surface area contributed by atoms with E-state index in [-0.39, 0.29) is 12.2 Å². The van der Waals surface area contributed by atoms with E-state index in [1.54, 1.807) is 6.20 Å². The van der Waals surface area contributed by atoms with Crippen molar-refractivity contribution in [2.45, 2.75) is 6.54 Å². The second-order valence-corrected chi connectivity index (χ2v) is 5.53. The third kappa shape index (κ3) is 3.11. The number of halogens is 1. The molecule has 0 aromatic carbocycles. The first kappa shape index (κ1) is 12.6. The first-order valence-corrected chi connectivity index (χ1v) is 6.20. The highest BCUT2D eigenvalue weighted by Crippen LogP contribution is 2.23. The third-order valence-electron chi connectivity index (χ3n) is 1.77. The Morgan fingerprint density at radius 3 is 2.94 bits per heavy atom. The summed E-state index contributed by atoms with van der Waals surface area (Å²) >= 11 is 4.47. The molecule has 2 rings (SSSR count). The smallest absolute Gasteiger partial charge is 0.325 e. The number of rotatable bonds is 4. The molecule has 8 nitrogen and oxygen atoms in total. The molecule has 0 aliphatic heterocycles. The van der Waals surface area contributed by atoms with Crippen LogP contribution in [0.5, 0.6) is 0 Å². The zero-order chi connectivity index (χ0) is 13.1. The summed E-state index contributed by atoms with van der Waals surface area (Å²) in [6.45, 7) is -0.344. The van der Waals surface area contributed by atoms with Crippen LogP contribution in [0.15, 0.2) is 16.2 Å². The lowest BCUT2D eigenvalue weighted by molar-refractivity contribution is -0.137. The normalized spacial score (nSPS) is 10.3. The van der Waals surface area contributed by atoms with E-state index >= 15 is 0 Å². The molecule has 0 saturated heterocycles. The molecule has 0 unspecified atom stereocenters. The number of amides is 1. The lowest BCUT2D eigenvalue weighted by atomic mass is 10.4. The van der Waals surface area contributed by atoms with Gasteiger partial charge < -0.3 is 5.11 Å². The van der Waals surface area contributed by atoms with E-state index in [9.17, 15) is 9.59 Å². The Labute approximate surface area is 113 Å². The predicted octanol–water partition coefficient (Wildman–Crippen LogP) is 0.834. The minimum absolute atomic E-state index is 0.0302. The topological polar surface area (TPSA) is 110 Å². The standard InChI is InChI=1S/C8H6BrN5O3S/c9-5-1-10-8(18-5)11-7(17)4-2-14(13-12-4)3-6(15)16/h1-2H,3H2,(H,15,16)(H,10,11,17). The summed E-state index contributed by atoms with van der Waals surface area (Å²) in [6.07, 6.45) is 2.81. The summed E-state index contributed by atoms with van der Waals surface area (Å²) in [5, 5.41) is 18.6. The SMILES string of the molecule is O=C(O)Cn1cc(C(=O)Nc2ncc(Br)s2)nn1. The molecular formula is C8H6BrN5O3S. The average Bonchev–Trinajstić information content (AvgIpc) is 2.87. The van der Waals surface area contributed by atoms with Crippen molar-refractivity contribution in [1.29, 1.82) is 0 Å². The van der Waals surface area contributed by atoms with Gasteiger partial charge in [-0.25, -0.2) is 9.67 Å². The average molecular weight is 332 g/mol. The van der Waals surface area contributed by atoms with E-state index in [2.05, 4.69) is 36.5 Å². The Morgan fingerprint density at radius 1 is 1.56 bits per heavy atom. The molecule has 1 amide bonds. The number of nitrogens with zero attached hydrogens (tertiary/aromatic N) is 4. The Kier molecular flexibility index (Phi) is 3.67. The largest absolute Gasteiger partial charge is 0.480 e. The Morgan fingerprint density at radius 2 is 2.33 bits per heavy atom. The summed E-state index contributed by atoms with van der Waals surface area (Å²) in [5.41, 5.74) is 0.0302. The van der Waals surface area contributed by atoms with Crippen LogP contribution < -0.4 is 5.32 Å². The van der Waals surface area contributed by atoms with Gasteiger partial charge >= 0.3 is 5.97 Å². The van der Waals surface area contributed by atoms with E-state index in [1.165, 1.54) is 17.5 Å². The number of thiazole rings is 1. The summed E-state index contributed by atoms with van der Waals surface area (Å²) < 4.78 is 1.85. The van der Waals surface area contributed by atoms with Crippen molar-refractivity contribution in [3.05, 3.63) is 21.9 Å². The minimum Gasteiger partial charge on any atom is -0.480 e. The van der Waals surface area contributed by atoms with Gasteiger partial charge in [0.1, 0.15) is 6.54 Å². The molecule has 0 aliphatic rings. The van der Waals surface area contributed by atoms with Gasteiger partial charge in [-0.3, -0.25) is 14.9 Å². The third-order valence-corrected chi connectivity index (χ3v) is 3.16. The van der Waals surface area contributed by atoms with Crippen molar-refractivity contribution in [2.75, 3.05) is 5.32 Å². The highest BCUT2D eigenvalue weighted by molar-refractivity contribution is 9.11. The fraction of sp³-hybridized carbons (Fsp3) is 0.125. The molecule has 2 aromatic rings. The maximum atomic E-state index is 11.7. The van der Waals surface area contributed by atoms with E-state index in [4.69, 9.17) is 5.11 Å². The number of carbonyl (C=O) groups excluding carboxylic acids is 1. The molecule has 0 bridgehead atoms. The van der Waals surface area contributed by atoms with Gasteiger partial charge in [-0.2, -0.15) is 0 Å². The predicted molar refractivity (Wildman–Crippen MR) is 65.4 cm³/mol. The molecule has 0 aliphatic carbocycles. The van der Waals surface area contributed by atoms with E-state index < -0.39 is 11.9 Å². The van der Waals surface area contributed by atoms with Gasteiger partial charge in [0.25, 0.3) is 5.91 Å². The van der Waals surface area contributed by atoms with Gasteiger partial charge in [-0.05, 0) is 15.9 Å². The Bertz CT molecular complexity index is 595. The molecule has 18 heavy (non-hydrogen) atoms. The first-order chi connectivity index (χ1) is 8.54. The Hall–Kier alpha value is -1.81. The van der Waals surface area contributed by atoms with Crippen LogP contribution in [0.25, 0.3) is 0 Å². The maximum absolute atomic E-state index is 11.7. The van der Waals surface area contributed by atoms with Crippen molar-refractivity contribution in [3.63, 3.8) is 0 Å². The van der Waals surface area contributed by atoms with Gasteiger partial charge in [-0.15, -0.1) is 5.10 Å².